The Labute approximate surface area is 274 Å². The molecule has 0 unspecified atom stereocenters. The molecule has 5 aliphatic heterocycles. The van der Waals surface area contributed by atoms with Crippen LogP contribution < -0.4 is 18.9 Å². The second-order valence-electron chi connectivity index (χ2n) is 11.1. The van der Waals surface area contributed by atoms with Crippen molar-refractivity contribution in [2.24, 2.45) is 39.9 Å². The van der Waals surface area contributed by atoms with Gasteiger partial charge in [-0.3, -0.25) is 0 Å². The Kier molecular flexibility index (Phi) is 6.06. The number of amidine groups is 8. The lowest BCUT2D eigenvalue weighted by Crippen LogP contribution is -2.03. The third-order valence-electron chi connectivity index (χ3n) is 8.53. The average Bonchev–Trinajstić information content (AvgIpc) is 3.85. The van der Waals surface area contributed by atoms with Crippen LogP contribution in [0, 0.1) is 0 Å². The third kappa shape index (κ3) is 4.23. The molecule has 0 aliphatic carbocycles. The second-order valence-corrected chi connectivity index (χ2v) is 11.1. The summed E-state index contributed by atoms with van der Waals surface area (Å²) >= 11 is 0. The summed E-state index contributed by atoms with van der Waals surface area (Å²) < 4.78 is 22.2. The van der Waals surface area contributed by atoms with E-state index in [1.54, 1.807) is 28.4 Å². The fraction of sp³-hybridized carbons (Fsp3) is 0.111. The fourth-order valence-electron chi connectivity index (χ4n) is 6.09. The Hall–Kier alpha value is -6.56. The van der Waals surface area contributed by atoms with Gasteiger partial charge in [0.15, 0.2) is 46.7 Å². The summed E-state index contributed by atoms with van der Waals surface area (Å²) in [6.45, 7) is 0. The third-order valence-corrected chi connectivity index (χ3v) is 8.53. The molecule has 0 aromatic heterocycles. The number of nitrogens with zero attached hydrogens (tertiary/aromatic N) is 8. The first-order chi connectivity index (χ1) is 23.5. The lowest BCUT2D eigenvalue weighted by atomic mass is 10.1. The summed E-state index contributed by atoms with van der Waals surface area (Å²) in [6, 6.07) is 22.7. The van der Waals surface area contributed by atoms with E-state index < -0.39 is 0 Å². The van der Waals surface area contributed by atoms with E-state index >= 15 is 0 Å². The van der Waals surface area contributed by atoms with Crippen molar-refractivity contribution in [3.8, 4) is 23.0 Å². The molecule has 0 amide bonds. The van der Waals surface area contributed by atoms with E-state index in [0.717, 1.165) is 44.5 Å². The summed E-state index contributed by atoms with van der Waals surface area (Å²) in [5.74, 6) is 6.14. The number of hydrogen-bond acceptors (Lipinski definition) is 12. The molecule has 5 heterocycles. The van der Waals surface area contributed by atoms with Gasteiger partial charge in [0.05, 0.1) is 28.4 Å². The highest BCUT2D eigenvalue weighted by Gasteiger charge is 2.32. The molecule has 12 nitrogen and oxygen atoms in total. The van der Waals surface area contributed by atoms with Crippen LogP contribution in [-0.2, 0) is 0 Å². The van der Waals surface area contributed by atoms with Gasteiger partial charge < -0.3 is 18.9 Å². The Morgan fingerprint density at radius 3 is 0.646 bits per heavy atom. The van der Waals surface area contributed by atoms with Gasteiger partial charge in [-0.05, 0) is 72.8 Å². The maximum absolute atomic E-state index is 5.56. The molecule has 0 radical (unpaired) electrons. The van der Waals surface area contributed by atoms with Crippen LogP contribution in [0.4, 0.5) is 0 Å². The van der Waals surface area contributed by atoms with E-state index in [-0.39, 0.29) is 0 Å². The van der Waals surface area contributed by atoms with E-state index in [9.17, 15) is 0 Å². The predicted molar refractivity (Wildman–Crippen MR) is 184 cm³/mol. The van der Waals surface area contributed by atoms with Crippen molar-refractivity contribution in [2.75, 3.05) is 28.4 Å². The number of fused-ring (bicyclic) bond motifs is 16. The molecule has 12 heteroatoms. The van der Waals surface area contributed by atoms with Gasteiger partial charge >= 0.3 is 0 Å². The maximum atomic E-state index is 5.56. The second kappa shape index (κ2) is 10.5. The Balaban J connectivity index is 1.35. The van der Waals surface area contributed by atoms with Gasteiger partial charge in [0, 0.05) is 44.5 Å². The highest BCUT2D eigenvalue weighted by atomic mass is 16.5. The summed E-state index contributed by atoms with van der Waals surface area (Å²) in [4.78, 5) is 39.6. The lowest BCUT2D eigenvalue weighted by Gasteiger charge is -2.06. The first-order valence-electron chi connectivity index (χ1n) is 15.0. The number of methoxy groups -OCH3 is 4. The number of rotatable bonds is 4. The predicted octanol–water partition coefficient (Wildman–Crippen LogP) is 4.86. The van der Waals surface area contributed by atoms with Crippen molar-refractivity contribution in [2.45, 2.75) is 0 Å². The first kappa shape index (κ1) is 27.7. The zero-order valence-electron chi connectivity index (χ0n) is 26.1. The Bertz CT molecular complexity index is 2400. The molecule has 0 atom stereocenters. The molecule has 0 N–H and O–H groups in total. The van der Waals surface area contributed by atoms with E-state index in [1.807, 2.05) is 72.8 Å². The molecule has 4 aromatic rings. The Morgan fingerprint density at radius 1 is 0.271 bits per heavy atom. The van der Waals surface area contributed by atoms with Gasteiger partial charge in [-0.25, -0.2) is 39.9 Å². The van der Waals surface area contributed by atoms with E-state index in [4.69, 9.17) is 58.9 Å². The summed E-state index contributed by atoms with van der Waals surface area (Å²) in [6.07, 6.45) is 0. The maximum Gasteiger partial charge on any atom is 0.164 e. The van der Waals surface area contributed by atoms with Crippen LogP contribution in [0.5, 0.6) is 23.0 Å². The summed E-state index contributed by atoms with van der Waals surface area (Å²) in [5.41, 5.74) is 6.11. The topological polar surface area (TPSA) is 136 Å². The first-order valence-corrected chi connectivity index (χ1v) is 15.0. The number of hydrogen-bond donors (Lipinski definition) is 0. The van der Waals surface area contributed by atoms with E-state index in [0.29, 0.717) is 69.7 Å². The van der Waals surface area contributed by atoms with Gasteiger partial charge in [0.25, 0.3) is 0 Å². The number of benzene rings is 4. The molecule has 232 valence electrons. The van der Waals surface area contributed by atoms with Crippen LogP contribution in [0.1, 0.15) is 44.5 Å². The molecule has 0 saturated heterocycles. The van der Waals surface area contributed by atoms with Crippen molar-refractivity contribution in [1.29, 1.82) is 0 Å². The van der Waals surface area contributed by atoms with Crippen LogP contribution in [0.25, 0.3) is 0 Å². The fourth-order valence-corrected chi connectivity index (χ4v) is 6.09. The number of aliphatic imine (C=N–C) groups is 8. The zero-order valence-corrected chi connectivity index (χ0v) is 26.1. The van der Waals surface area contributed by atoms with Crippen molar-refractivity contribution >= 4 is 46.7 Å². The standard InChI is InChI=1S/C36H24N8O4/c1-45-17-5-9-21-25(13-17)33-38-29(21)37-30-22-10-6-18(46-2)14-26(22)34(39-30)41-32-24-12-8-20(48-4)16-28(24)36(43-32)44-35-27-15-19(47-3)7-11-23(27)31(40-33)42-35/h5-16H,1-4H3. The minimum atomic E-state index is 0.422. The van der Waals surface area contributed by atoms with Crippen LogP contribution in [0.2, 0.25) is 0 Å². The van der Waals surface area contributed by atoms with Gasteiger partial charge in [0.2, 0.25) is 0 Å². The van der Waals surface area contributed by atoms with Crippen LogP contribution in [-0.4, -0.2) is 75.1 Å². The van der Waals surface area contributed by atoms with Gasteiger partial charge in [0.1, 0.15) is 23.0 Å². The average molecular weight is 633 g/mol. The number of ether oxygens (including phenoxy) is 4. The molecule has 0 saturated carbocycles. The molecule has 5 aliphatic rings. The molecule has 9 rings (SSSR count). The van der Waals surface area contributed by atoms with Gasteiger partial charge in [-0.15, -0.1) is 0 Å². The highest BCUT2D eigenvalue weighted by Crippen LogP contribution is 2.33. The largest absolute Gasteiger partial charge is 0.497 e. The molecule has 0 fully saturated rings. The lowest BCUT2D eigenvalue weighted by molar-refractivity contribution is 0.414. The zero-order chi connectivity index (χ0) is 32.5. The molecule has 48 heavy (non-hydrogen) atoms. The normalized spacial score (nSPS) is 16.1. The quantitative estimate of drug-likeness (QED) is 0.317. The van der Waals surface area contributed by atoms with Crippen molar-refractivity contribution in [3.63, 3.8) is 0 Å². The van der Waals surface area contributed by atoms with Gasteiger partial charge in [-0.1, -0.05) is 0 Å². The van der Waals surface area contributed by atoms with Crippen molar-refractivity contribution in [1.82, 2.24) is 0 Å². The minimum Gasteiger partial charge on any atom is -0.497 e. The van der Waals surface area contributed by atoms with Gasteiger partial charge in [-0.2, -0.15) is 0 Å². The molecular formula is C36H24N8O4. The van der Waals surface area contributed by atoms with Crippen LogP contribution in [0.3, 0.4) is 0 Å². The van der Waals surface area contributed by atoms with Crippen molar-refractivity contribution in [3.05, 3.63) is 117 Å². The highest BCUT2D eigenvalue weighted by molar-refractivity contribution is 6.35. The SMILES string of the molecule is COc1ccc2c(c1)C1=NC2=NC2=NC(=NC3=NC(=NC4=NC(=N1)c1ccc(OC)cc14)c1cc(OC)ccc13)c1cc(OC)ccc12. The van der Waals surface area contributed by atoms with Crippen molar-refractivity contribution < 1.29 is 18.9 Å². The summed E-state index contributed by atoms with van der Waals surface area (Å²) in [5, 5.41) is 0. The van der Waals surface area contributed by atoms with Crippen LogP contribution >= 0.6 is 0 Å². The molecular weight excluding hydrogens is 608 g/mol. The van der Waals surface area contributed by atoms with Crippen LogP contribution in [0.15, 0.2) is 113 Å². The summed E-state index contributed by atoms with van der Waals surface area (Å²) in [7, 11) is 6.48. The molecule has 8 bridgehead atoms. The smallest absolute Gasteiger partial charge is 0.164 e. The minimum absolute atomic E-state index is 0.422. The van der Waals surface area contributed by atoms with E-state index in [1.165, 1.54) is 0 Å². The monoisotopic (exact) mass is 632 g/mol. The molecule has 0 spiro atoms. The Morgan fingerprint density at radius 2 is 0.458 bits per heavy atom. The van der Waals surface area contributed by atoms with E-state index in [2.05, 4.69) is 0 Å². The molecule has 4 aromatic carbocycles.